The van der Waals surface area contributed by atoms with Crippen molar-refractivity contribution < 1.29 is 9.47 Å². The Hall–Kier alpha value is -7.76. The van der Waals surface area contributed by atoms with Crippen LogP contribution in [0.3, 0.4) is 0 Å². The molecule has 57 heavy (non-hydrogen) atoms. The molecule has 0 atom stereocenters. The van der Waals surface area contributed by atoms with Crippen molar-refractivity contribution in [1.82, 2.24) is 9.97 Å². The Morgan fingerprint density at radius 3 is 1.53 bits per heavy atom. The van der Waals surface area contributed by atoms with E-state index in [1.165, 1.54) is 0 Å². The van der Waals surface area contributed by atoms with Crippen molar-refractivity contribution >= 4 is 49.6 Å². The lowest BCUT2D eigenvalue weighted by Crippen LogP contribution is -2.20. The summed E-state index contributed by atoms with van der Waals surface area (Å²) in [6, 6.07) is 65.4. The van der Waals surface area contributed by atoms with Crippen molar-refractivity contribution in [2.45, 2.75) is 0 Å². The van der Waals surface area contributed by atoms with Gasteiger partial charge in [0, 0.05) is 16.7 Å². The van der Waals surface area contributed by atoms with E-state index in [9.17, 15) is 0 Å². The normalized spacial score (nSPS) is 12.5. The molecule has 10 aromatic rings. The summed E-state index contributed by atoms with van der Waals surface area (Å²) in [5.41, 5.74) is 12.5. The number of aromatic nitrogens is 2. The number of anilines is 3. The molecule has 5 nitrogen and oxygen atoms in total. The zero-order chi connectivity index (χ0) is 37.5. The van der Waals surface area contributed by atoms with Gasteiger partial charge in [-0.25, -0.2) is 9.97 Å². The van der Waals surface area contributed by atoms with Gasteiger partial charge in [0.1, 0.15) is 5.69 Å². The number of ether oxygens (including phenoxy) is 2. The molecule has 0 saturated heterocycles. The minimum absolute atomic E-state index is 0.753. The Morgan fingerprint density at radius 2 is 0.877 bits per heavy atom. The van der Waals surface area contributed by atoms with E-state index in [-0.39, 0.29) is 0 Å². The highest BCUT2D eigenvalue weighted by molar-refractivity contribution is 6.03. The fraction of sp³-hybridized carbons (Fsp3) is 0. The van der Waals surface area contributed by atoms with Crippen molar-refractivity contribution in [2.75, 3.05) is 4.90 Å². The average molecular weight is 730 g/mol. The molecule has 1 aromatic heterocycles. The highest BCUT2D eigenvalue weighted by Gasteiger charge is 2.37. The third-order valence-electron chi connectivity index (χ3n) is 11.2. The average Bonchev–Trinajstić information content (AvgIpc) is 3.27. The molecule has 2 aliphatic heterocycles. The SMILES string of the molecule is c1ccc(-c2nc3ccc(-c4cccc(-c5ccc6c7c5Oc5cc8ccccc8cc5N7c5cc7ccccc7cc5O6)c4)cc3nc2-c2ccccc2)cc1. The summed E-state index contributed by atoms with van der Waals surface area (Å²) in [5, 5.41) is 4.55. The number of fused-ring (bicyclic) bond motifs is 7. The molecule has 3 heterocycles. The first-order valence-corrected chi connectivity index (χ1v) is 19.1. The van der Waals surface area contributed by atoms with Crippen LogP contribution in [-0.4, -0.2) is 9.97 Å². The molecule has 266 valence electrons. The van der Waals surface area contributed by atoms with Gasteiger partial charge >= 0.3 is 0 Å². The number of benzene rings is 9. The largest absolute Gasteiger partial charge is 0.453 e. The molecule has 9 aromatic carbocycles. The summed E-state index contributed by atoms with van der Waals surface area (Å²) in [6.45, 7) is 0. The number of hydrogen-bond acceptors (Lipinski definition) is 5. The van der Waals surface area contributed by atoms with Crippen molar-refractivity contribution in [3.05, 3.63) is 188 Å². The van der Waals surface area contributed by atoms with Crippen LogP contribution < -0.4 is 14.4 Å². The van der Waals surface area contributed by atoms with E-state index in [2.05, 4.69) is 157 Å². The first kappa shape index (κ1) is 31.6. The second kappa shape index (κ2) is 12.4. The molecular formula is C52H31N3O2. The van der Waals surface area contributed by atoms with Crippen molar-refractivity contribution in [2.24, 2.45) is 0 Å². The van der Waals surface area contributed by atoms with Gasteiger partial charge in [-0.05, 0) is 92.8 Å². The minimum atomic E-state index is 0.753. The Morgan fingerprint density at radius 1 is 0.351 bits per heavy atom. The van der Waals surface area contributed by atoms with E-state index < -0.39 is 0 Å². The predicted molar refractivity (Wildman–Crippen MR) is 231 cm³/mol. The van der Waals surface area contributed by atoms with E-state index in [4.69, 9.17) is 19.4 Å². The Kier molecular flexibility index (Phi) is 6.86. The molecule has 0 N–H and O–H groups in total. The Balaban J connectivity index is 1.00. The number of hydrogen-bond donors (Lipinski definition) is 0. The quantitative estimate of drug-likeness (QED) is 0.180. The maximum Gasteiger partial charge on any atom is 0.163 e. The summed E-state index contributed by atoms with van der Waals surface area (Å²) in [5.74, 6) is 3.13. The lowest BCUT2D eigenvalue weighted by Gasteiger charge is -2.39. The molecule has 0 radical (unpaired) electrons. The summed E-state index contributed by atoms with van der Waals surface area (Å²) in [6.07, 6.45) is 0. The van der Waals surface area contributed by atoms with Crippen LogP contribution in [0.25, 0.3) is 77.3 Å². The summed E-state index contributed by atoms with van der Waals surface area (Å²) in [4.78, 5) is 12.8. The molecule has 5 heteroatoms. The van der Waals surface area contributed by atoms with Crippen molar-refractivity contribution in [3.63, 3.8) is 0 Å². The van der Waals surface area contributed by atoms with Gasteiger partial charge in [0.2, 0.25) is 0 Å². The van der Waals surface area contributed by atoms with Crippen LogP contribution >= 0.6 is 0 Å². The molecule has 0 fully saturated rings. The second-order valence-electron chi connectivity index (χ2n) is 14.6. The standard InChI is InChI=1S/C52H31N3O2/c1-3-12-32(13-4-1)49-50(33-14-5-2-6-15-33)54-43-27-39(22-24-42(43)53-49)34-20-11-21-40(26-34)41-23-25-46-51-52(41)57-48-31-38-19-10-8-17-36(38)29-45(48)55(51)44-28-35-16-7-9-18-37(35)30-47(44)56-46/h1-31H. The molecule has 0 bridgehead atoms. The minimum Gasteiger partial charge on any atom is -0.453 e. The first-order valence-electron chi connectivity index (χ1n) is 19.1. The van der Waals surface area contributed by atoms with Gasteiger partial charge in [-0.1, -0.05) is 133 Å². The summed E-state index contributed by atoms with van der Waals surface area (Å²) < 4.78 is 13.7. The lowest BCUT2D eigenvalue weighted by molar-refractivity contribution is 0.448. The maximum atomic E-state index is 6.99. The van der Waals surface area contributed by atoms with Gasteiger partial charge in [-0.3, -0.25) is 4.90 Å². The molecular weight excluding hydrogens is 699 g/mol. The highest BCUT2D eigenvalue weighted by atomic mass is 16.5. The molecule has 2 aliphatic rings. The molecule has 12 rings (SSSR count). The fourth-order valence-electron chi connectivity index (χ4n) is 8.40. The lowest BCUT2D eigenvalue weighted by atomic mass is 9.95. The second-order valence-corrected chi connectivity index (χ2v) is 14.6. The Labute approximate surface area is 328 Å². The Bertz CT molecular complexity index is 3230. The van der Waals surface area contributed by atoms with Crippen molar-refractivity contribution in [3.8, 4) is 67.8 Å². The predicted octanol–water partition coefficient (Wildman–Crippen LogP) is 14.3. The van der Waals surface area contributed by atoms with Gasteiger partial charge in [-0.15, -0.1) is 0 Å². The highest BCUT2D eigenvalue weighted by Crippen LogP contribution is 2.62. The fourth-order valence-corrected chi connectivity index (χ4v) is 8.40. The van der Waals surface area contributed by atoms with E-state index >= 15 is 0 Å². The molecule has 0 amide bonds. The van der Waals surface area contributed by atoms with Gasteiger partial charge in [0.05, 0.1) is 33.8 Å². The molecule has 0 aliphatic carbocycles. The van der Waals surface area contributed by atoms with E-state index in [0.29, 0.717) is 0 Å². The third kappa shape index (κ3) is 5.10. The van der Waals surface area contributed by atoms with Crippen LogP contribution in [0.1, 0.15) is 0 Å². The molecule has 0 unspecified atom stereocenters. The van der Waals surface area contributed by atoms with Gasteiger partial charge in [0.25, 0.3) is 0 Å². The first-order chi connectivity index (χ1) is 28.2. The monoisotopic (exact) mass is 729 g/mol. The number of rotatable bonds is 4. The molecule has 0 spiro atoms. The maximum absolute atomic E-state index is 6.99. The van der Waals surface area contributed by atoms with Gasteiger partial charge in [0.15, 0.2) is 23.0 Å². The van der Waals surface area contributed by atoms with Crippen LogP contribution in [0.2, 0.25) is 0 Å². The van der Waals surface area contributed by atoms with Gasteiger partial charge in [-0.2, -0.15) is 0 Å². The summed E-state index contributed by atoms with van der Waals surface area (Å²) >= 11 is 0. The van der Waals surface area contributed by atoms with Crippen LogP contribution in [-0.2, 0) is 0 Å². The van der Waals surface area contributed by atoms with E-state index in [1.54, 1.807) is 0 Å². The van der Waals surface area contributed by atoms with Gasteiger partial charge < -0.3 is 9.47 Å². The summed E-state index contributed by atoms with van der Waals surface area (Å²) in [7, 11) is 0. The van der Waals surface area contributed by atoms with Crippen LogP contribution in [0.4, 0.5) is 17.1 Å². The topological polar surface area (TPSA) is 47.5 Å². The van der Waals surface area contributed by atoms with Crippen molar-refractivity contribution in [1.29, 1.82) is 0 Å². The van der Waals surface area contributed by atoms with E-state index in [1.807, 2.05) is 36.4 Å². The third-order valence-corrected chi connectivity index (χ3v) is 11.2. The molecule has 0 saturated carbocycles. The van der Waals surface area contributed by atoms with E-state index in [0.717, 1.165) is 117 Å². The smallest absolute Gasteiger partial charge is 0.163 e. The van der Waals surface area contributed by atoms with Crippen LogP contribution in [0.5, 0.6) is 23.0 Å². The zero-order valence-corrected chi connectivity index (χ0v) is 30.6. The zero-order valence-electron chi connectivity index (χ0n) is 30.6. The number of nitrogens with zero attached hydrogens (tertiary/aromatic N) is 3. The van der Waals surface area contributed by atoms with Crippen LogP contribution in [0.15, 0.2) is 188 Å². The van der Waals surface area contributed by atoms with Crippen LogP contribution in [0, 0.1) is 0 Å².